The fourth-order valence-corrected chi connectivity index (χ4v) is 2.87. The molecule has 1 atom stereocenters. The molecular formula is C13H14BrNS. The van der Waals surface area contributed by atoms with Crippen LogP contribution in [0, 0.1) is 13.8 Å². The number of halogens is 1. The van der Waals surface area contributed by atoms with E-state index in [1.54, 1.807) is 11.3 Å². The molecule has 2 N–H and O–H groups in total. The van der Waals surface area contributed by atoms with Gasteiger partial charge in [0.25, 0.3) is 0 Å². The van der Waals surface area contributed by atoms with Gasteiger partial charge in [-0.05, 0) is 54.1 Å². The second kappa shape index (κ2) is 4.70. The van der Waals surface area contributed by atoms with Crippen LogP contribution in [0.5, 0.6) is 0 Å². The van der Waals surface area contributed by atoms with Crippen molar-refractivity contribution in [2.75, 3.05) is 0 Å². The number of thiophene rings is 1. The monoisotopic (exact) mass is 295 g/mol. The van der Waals surface area contributed by atoms with Gasteiger partial charge in [-0.25, -0.2) is 0 Å². The molecule has 0 spiro atoms. The molecule has 1 unspecified atom stereocenters. The highest BCUT2D eigenvalue weighted by molar-refractivity contribution is 9.10. The van der Waals surface area contributed by atoms with E-state index >= 15 is 0 Å². The summed E-state index contributed by atoms with van der Waals surface area (Å²) < 4.78 is 1.08. The summed E-state index contributed by atoms with van der Waals surface area (Å²) in [6.45, 7) is 4.20. The third-order valence-corrected chi connectivity index (χ3v) is 4.06. The second-order valence-electron chi connectivity index (χ2n) is 3.97. The fraction of sp³-hybridized carbons (Fsp3) is 0.231. The van der Waals surface area contributed by atoms with E-state index in [0.29, 0.717) is 0 Å². The highest BCUT2D eigenvalue weighted by Crippen LogP contribution is 2.28. The lowest BCUT2D eigenvalue weighted by Crippen LogP contribution is -2.12. The van der Waals surface area contributed by atoms with E-state index in [4.69, 9.17) is 5.73 Å². The molecule has 0 aliphatic rings. The normalized spacial score (nSPS) is 12.8. The van der Waals surface area contributed by atoms with Crippen molar-refractivity contribution < 1.29 is 0 Å². The van der Waals surface area contributed by atoms with Gasteiger partial charge in [-0.1, -0.05) is 22.0 Å². The lowest BCUT2D eigenvalue weighted by molar-refractivity contribution is 0.865. The molecule has 1 aromatic heterocycles. The Balaban J connectivity index is 2.40. The number of aryl methyl sites for hydroxylation is 2. The largest absolute Gasteiger partial charge is 0.320 e. The minimum absolute atomic E-state index is 0.0255. The Morgan fingerprint density at radius 3 is 2.62 bits per heavy atom. The van der Waals surface area contributed by atoms with E-state index in [0.717, 1.165) is 4.47 Å². The van der Waals surface area contributed by atoms with Crippen molar-refractivity contribution in [2.45, 2.75) is 19.9 Å². The molecular weight excluding hydrogens is 282 g/mol. The molecule has 0 saturated heterocycles. The molecule has 84 valence electrons. The van der Waals surface area contributed by atoms with Crippen LogP contribution in [0.15, 0.2) is 34.1 Å². The van der Waals surface area contributed by atoms with Crippen molar-refractivity contribution in [1.29, 1.82) is 0 Å². The maximum absolute atomic E-state index is 6.29. The predicted octanol–water partition coefficient (Wildman–Crippen LogP) is 4.18. The SMILES string of the molecule is Cc1cc(C(N)c2cc(Br)ccc2C)cs1. The number of hydrogen-bond acceptors (Lipinski definition) is 2. The molecule has 2 aromatic rings. The van der Waals surface area contributed by atoms with Crippen LogP contribution in [0.3, 0.4) is 0 Å². The summed E-state index contributed by atoms with van der Waals surface area (Å²) in [5.74, 6) is 0. The van der Waals surface area contributed by atoms with Crippen molar-refractivity contribution in [2.24, 2.45) is 5.73 Å². The summed E-state index contributed by atoms with van der Waals surface area (Å²) >= 11 is 5.24. The van der Waals surface area contributed by atoms with Crippen LogP contribution in [0.4, 0.5) is 0 Å². The molecule has 1 aromatic carbocycles. The van der Waals surface area contributed by atoms with Gasteiger partial charge in [0.1, 0.15) is 0 Å². The minimum atomic E-state index is -0.0255. The van der Waals surface area contributed by atoms with Crippen molar-refractivity contribution in [3.05, 3.63) is 55.7 Å². The zero-order chi connectivity index (χ0) is 11.7. The highest BCUT2D eigenvalue weighted by atomic mass is 79.9. The highest BCUT2D eigenvalue weighted by Gasteiger charge is 2.12. The Labute approximate surface area is 108 Å². The molecule has 1 nitrogen and oxygen atoms in total. The molecule has 0 amide bonds. The lowest BCUT2D eigenvalue weighted by Gasteiger charge is -2.14. The Morgan fingerprint density at radius 1 is 1.25 bits per heavy atom. The van der Waals surface area contributed by atoms with Crippen LogP contribution in [0.2, 0.25) is 0 Å². The van der Waals surface area contributed by atoms with Crippen molar-refractivity contribution >= 4 is 27.3 Å². The molecule has 0 saturated carbocycles. The van der Waals surface area contributed by atoms with Crippen molar-refractivity contribution in [3.63, 3.8) is 0 Å². The molecule has 3 heteroatoms. The zero-order valence-corrected chi connectivity index (χ0v) is 11.7. The molecule has 0 bridgehead atoms. The predicted molar refractivity (Wildman–Crippen MR) is 74.0 cm³/mol. The van der Waals surface area contributed by atoms with Gasteiger partial charge < -0.3 is 5.73 Å². The van der Waals surface area contributed by atoms with Crippen LogP contribution in [0.1, 0.15) is 27.6 Å². The van der Waals surface area contributed by atoms with Gasteiger partial charge in [-0.2, -0.15) is 0 Å². The standard InChI is InChI=1S/C13H14BrNS/c1-8-3-4-11(14)6-12(8)13(15)10-5-9(2)16-7-10/h3-7,13H,15H2,1-2H3. The van der Waals surface area contributed by atoms with Crippen LogP contribution in [-0.4, -0.2) is 0 Å². The van der Waals surface area contributed by atoms with Gasteiger partial charge >= 0.3 is 0 Å². The Bertz CT molecular complexity index is 504. The second-order valence-corrected chi connectivity index (χ2v) is 6.00. The van der Waals surface area contributed by atoms with Crippen molar-refractivity contribution in [3.8, 4) is 0 Å². The van der Waals surface area contributed by atoms with E-state index in [9.17, 15) is 0 Å². The topological polar surface area (TPSA) is 26.0 Å². The van der Waals surface area contributed by atoms with E-state index in [-0.39, 0.29) is 6.04 Å². The fourth-order valence-electron chi connectivity index (χ4n) is 1.75. The van der Waals surface area contributed by atoms with Crippen LogP contribution >= 0.6 is 27.3 Å². The first-order chi connectivity index (χ1) is 7.58. The smallest absolute Gasteiger partial charge is 0.0562 e. The Morgan fingerprint density at radius 2 is 2.00 bits per heavy atom. The third-order valence-electron chi connectivity index (χ3n) is 2.69. The first-order valence-electron chi connectivity index (χ1n) is 5.14. The Hall–Kier alpha value is -0.640. The molecule has 0 aliphatic carbocycles. The third kappa shape index (κ3) is 2.37. The number of nitrogens with two attached hydrogens (primary N) is 1. The maximum atomic E-state index is 6.29. The van der Waals surface area contributed by atoms with Gasteiger partial charge in [0, 0.05) is 9.35 Å². The van der Waals surface area contributed by atoms with Crippen LogP contribution < -0.4 is 5.73 Å². The average molecular weight is 296 g/mol. The molecule has 1 heterocycles. The van der Waals surface area contributed by atoms with Crippen LogP contribution in [0.25, 0.3) is 0 Å². The molecule has 0 aliphatic heterocycles. The molecule has 0 fully saturated rings. The summed E-state index contributed by atoms with van der Waals surface area (Å²) in [4.78, 5) is 1.30. The quantitative estimate of drug-likeness (QED) is 0.884. The van der Waals surface area contributed by atoms with Gasteiger partial charge in [-0.3, -0.25) is 0 Å². The van der Waals surface area contributed by atoms with E-state index < -0.39 is 0 Å². The molecule has 0 radical (unpaired) electrons. The molecule has 2 rings (SSSR count). The maximum Gasteiger partial charge on any atom is 0.0562 e. The van der Waals surface area contributed by atoms with Gasteiger partial charge in [0.15, 0.2) is 0 Å². The van der Waals surface area contributed by atoms with Gasteiger partial charge in [0.2, 0.25) is 0 Å². The summed E-state index contributed by atoms with van der Waals surface area (Å²) in [6.07, 6.45) is 0. The first-order valence-corrected chi connectivity index (χ1v) is 6.82. The van der Waals surface area contributed by atoms with E-state index in [1.165, 1.54) is 21.6 Å². The average Bonchev–Trinajstić information content (AvgIpc) is 2.67. The van der Waals surface area contributed by atoms with Crippen molar-refractivity contribution in [1.82, 2.24) is 0 Å². The first kappa shape index (κ1) is 11.8. The summed E-state index contributed by atoms with van der Waals surface area (Å²) in [5, 5.41) is 2.14. The molecule has 16 heavy (non-hydrogen) atoms. The zero-order valence-electron chi connectivity index (χ0n) is 9.33. The number of benzene rings is 1. The summed E-state index contributed by atoms with van der Waals surface area (Å²) in [5.41, 5.74) is 9.91. The van der Waals surface area contributed by atoms with Gasteiger partial charge in [0.05, 0.1) is 6.04 Å². The van der Waals surface area contributed by atoms with Gasteiger partial charge in [-0.15, -0.1) is 11.3 Å². The number of hydrogen-bond donors (Lipinski definition) is 1. The number of rotatable bonds is 2. The summed E-state index contributed by atoms with van der Waals surface area (Å²) in [7, 11) is 0. The lowest BCUT2D eigenvalue weighted by atomic mass is 9.98. The van der Waals surface area contributed by atoms with E-state index in [2.05, 4.69) is 53.4 Å². The summed E-state index contributed by atoms with van der Waals surface area (Å²) in [6, 6.07) is 8.38. The van der Waals surface area contributed by atoms with Crippen LogP contribution in [-0.2, 0) is 0 Å². The minimum Gasteiger partial charge on any atom is -0.320 e. The Kier molecular flexibility index (Phi) is 3.47. The van der Waals surface area contributed by atoms with E-state index in [1.807, 2.05) is 6.07 Å².